The molecule has 0 N–H and O–H groups in total. The summed E-state index contributed by atoms with van der Waals surface area (Å²) in [6, 6.07) is 121. The topological polar surface area (TPSA) is 0 Å². The van der Waals surface area contributed by atoms with Crippen LogP contribution in [0.15, 0.2) is 328 Å². The van der Waals surface area contributed by atoms with E-state index in [0.29, 0.717) is 0 Å². The molecule has 0 fully saturated rings. The molecule has 0 aliphatic heterocycles. The molecule has 16 aromatic carbocycles. The lowest BCUT2D eigenvalue weighted by Crippen LogP contribution is -2.10. The Morgan fingerprint density at radius 3 is 0.728 bits per heavy atom. The third-order valence-corrected chi connectivity index (χ3v) is 18.9. The smallest absolute Gasteiger partial charge is 0.00987 e. The molecule has 0 aliphatic rings. The maximum absolute atomic E-state index is 2.34. The fraction of sp³-hybridized carbons (Fsp3) is 0.0870. The Kier molecular flexibility index (Phi) is 14.9. The highest BCUT2D eigenvalue weighted by Crippen LogP contribution is 2.43. The van der Waals surface area contributed by atoms with Gasteiger partial charge in [0.1, 0.15) is 0 Å². The van der Waals surface area contributed by atoms with E-state index in [-0.39, 0.29) is 10.8 Å². The van der Waals surface area contributed by atoms with Crippen molar-refractivity contribution >= 4 is 64.6 Å². The Morgan fingerprint density at radius 1 is 0.152 bits per heavy atom. The lowest BCUT2D eigenvalue weighted by Gasteiger charge is -2.19. The van der Waals surface area contributed by atoms with E-state index >= 15 is 0 Å². The van der Waals surface area contributed by atoms with Gasteiger partial charge in [0.25, 0.3) is 0 Å². The molecule has 0 aliphatic carbocycles. The number of benzene rings is 16. The van der Waals surface area contributed by atoms with Crippen molar-refractivity contribution in [2.45, 2.75) is 52.4 Å². The van der Waals surface area contributed by atoms with Crippen molar-refractivity contribution in [1.82, 2.24) is 0 Å². The van der Waals surface area contributed by atoms with Crippen LogP contribution in [0, 0.1) is 0 Å². The average Bonchev–Trinajstić information content (AvgIpc) is 0.810. The first-order valence-electron chi connectivity index (χ1n) is 32.4. The van der Waals surface area contributed by atoms with E-state index in [1.807, 2.05) is 0 Å². The first-order valence-corrected chi connectivity index (χ1v) is 32.4. The molecular formula is C92H72. The summed E-state index contributed by atoms with van der Waals surface area (Å²) in [6.45, 7) is 13.6. The van der Waals surface area contributed by atoms with E-state index in [1.54, 1.807) is 0 Å². The minimum atomic E-state index is 0.154. The summed E-state index contributed by atoms with van der Waals surface area (Å²) in [5, 5.41) is 15.2. The number of hydrogen-bond acceptors (Lipinski definition) is 0. The number of rotatable bonds is 8. The Hall–Kier alpha value is -10.9. The molecule has 0 aromatic heterocycles. The van der Waals surface area contributed by atoms with Crippen molar-refractivity contribution in [2.75, 3.05) is 0 Å². The Labute approximate surface area is 541 Å². The summed E-state index contributed by atoms with van der Waals surface area (Å²) in [4.78, 5) is 0. The highest BCUT2D eigenvalue weighted by Gasteiger charge is 2.18. The van der Waals surface area contributed by atoms with Gasteiger partial charge in [0.15, 0.2) is 0 Å². The molecule has 92 heavy (non-hydrogen) atoms. The van der Waals surface area contributed by atoms with Gasteiger partial charge >= 0.3 is 0 Å². The van der Waals surface area contributed by atoms with E-state index < -0.39 is 0 Å². The molecule has 0 unspecified atom stereocenters. The van der Waals surface area contributed by atoms with Gasteiger partial charge in [-0.2, -0.15) is 0 Å². The molecule has 0 saturated heterocycles. The zero-order valence-corrected chi connectivity index (χ0v) is 53.2. The van der Waals surface area contributed by atoms with E-state index in [4.69, 9.17) is 0 Å². The van der Waals surface area contributed by atoms with Gasteiger partial charge in [0.05, 0.1) is 0 Å². The van der Waals surface area contributed by atoms with Gasteiger partial charge in [-0.1, -0.05) is 333 Å². The van der Waals surface area contributed by atoms with Crippen molar-refractivity contribution in [3.63, 3.8) is 0 Å². The zero-order chi connectivity index (χ0) is 62.5. The molecule has 440 valence electrons. The molecular weight excluding hydrogens is 1110 g/mol. The predicted octanol–water partition coefficient (Wildman–Crippen LogP) is 26.2. The lowest BCUT2D eigenvalue weighted by molar-refractivity contribution is 0.590. The molecule has 0 nitrogen and oxygen atoms in total. The predicted molar refractivity (Wildman–Crippen MR) is 399 cm³/mol. The summed E-state index contributed by atoms with van der Waals surface area (Å²) in [7, 11) is 0. The quantitative estimate of drug-likeness (QED) is 0.142. The van der Waals surface area contributed by atoms with Crippen LogP contribution >= 0.6 is 0 Å². The van der Waals surface area contributed by atoms with E-state index in [0.717, 1.165) is 0 Å². The largest absolute Gasteiger partial charge is 0.0622 e. The highest BCUT2D eigenvalue weighted by molar-refractivity contribution is 6.13. The van der Waals surface area contributed by atoms with E-state index in [9.17, 15) is 0 Å². The minimum Gasteiger partial charge on any atom is -0.0622 e. The third-order valence-electron chi connectivity index (χ3n) is 18.9. The first-order chi connectivity index (χ1) is 44.8. The second-order valence-corrected chi connectivity index (χ2v) is 26.8. The van der Waals surface area contributed by atoms with E-state index in [1.165, 1.54) is 165 Å². The maximum atomic E-state index is 2.34. The number of hydrogen-bond donors (Lipinski definition) is 0. The molecule has 0 saturated carbocycles. The van der Waals surface area contributed by atoms with Gasteiger partial charge in [0, 0.05) is 0 Å². The Bertz CT molecular complexity index is 5240. The average molecular weight is 1180 g/mol. The van der Waals surface area contributed by atoms with Gasteiger partial charge in [-0.25, -0.2) is 0 Å². The van der Waals surface area contributed by atoms with Gasteiger partial charge in [0.2, 0.25) is 0 Å². The molecule has 0 heterocycles. The van der Waals surface area contributed by atoms with E-state index in [2.05, 4.69) is 369 Å². The van der Waals surface area contributed by atoms with Crippen molar-refractivity contribution in [3.05, 3.63) is 339 Å². The van der Waals surface area contributed by atoms with Gasteiger partial charge in [-0.05, 0) is 212 Å². The zero-order valence-electron chi connectivity index (χ0n) is 53.2. The molecule has 0 bridgehead atoms. The second kappa shape index (κ2) is 23.8. The van der Waals surface area contributed by atoms with Crippen molar-refractivity contribution in [2.24, 2.45) is 0 Å². The molecule has 16 aromatic rings. The molecule has 0 amide bonds. The molecule has 0 spiro atoms. The fourth-order valence-electron chi connectivity index (χ4n) is 13.7. The molecule has 0 heteroatoms. The summed E-state index contributed by atoms with van der Waals surface area (Å²) in [5.74, 6) is 0. The highest BCUT2D eigenvalue weighted by atomic mass is 14.2. The van der Waals surface area contributed by atoms with Crippen molar-refractivity contribution < 1.29 is 0 Å². The Balaban J connectivity index is 0.000000155. The minimum absolute atomic E-state index is 0.154. The van der Waals surface area contributed by atoms with Crippen LogP contribution in [0.5, 0.6) is 0 Å². The van der Waals surface area contributed by atoms with Gasteiger partial charge < -0.3 is 0 Å². The number of fused-ring (bicyclic) bond motifs is 6. The monoisotopic (exact) mass is 1180 g/mol. The summed E-state index contributed by atoms with van der Waals surface area (Å²) in [6.07, 6.45) is 0. The van der Waals surface area contributed by atoms with Crippen molar-refractivity contribution in [1.29, 1.82) is 0 Å². The lowest BCUT2D eigenvalue weighted by atomic mass is 9.86. The first kappa shape index (κ1) is 57.5. The van der Waals surface area contributed by atoms with Crippen molar-refractivity contribution in [3.8, 4) is 89.0 Å². The van der Waals surface area contributed by atoms with Crippen LogP contribution in [-0.2, 0) is 10.8 Å². The second-order valence-electron chi connectivity index (χ2n) is 26.8. The summed E-state index contributed by atoms with van der Waals surface area (Å²) >= 11 is 0. The molecule has 16 rings (SSSR count). The van der Waals surface area contributed by atoms with Crippen LogP contribution in [0.3, 0.4) is 0 Å². The maximum Gasteiger partial charge on any atom is -0.00987 e. The normalized spacial score (nSPS) is 11.8. The summed E-state index contributed by atoms with van der Waals surface area (Å²) < 4.78 is 0. The molecule has 0 radical (unpaired) electrons. The SMILES string of the molecule is CC(C)(C)c1ccc(-c2ccc3cc(-c4cccc5c(-c6ccc7cc(-c8ccc(C(C)(C)C)cc8)ccc7c6)cccc45)ccc3c2)cc1.c1ccc(-c2ccc3cc(-c4cccc5c(-c6ccc(-c7ccccc7)c7ccccc67)cccc45)ccc3c2)cc1. The third kappa shape index (κ3) is 11.2. The standard InChI is InChI=1S/C50H44.C42H28/c1-49(2,3)43-25-21-33(22-26-43)35-13-15-39-31-41(19-17-37(39)29-35)45-9-7-12-48-46(10-8-11-47(45)48)42-20-18-38-30-36(14-16-40(38)32-42)34-23-27-44(28-24-34)50(4,5)6;1-3-11-29(12-4-1)31-21-22-33-28-34(24-23-32(33)27-31)35-17-9-19-40-38(35)18-10-20-41(40)42-26-25-36(30-13-5-2-6-14-30)37-15-7-8-16-39(37)42/h7-32H,1-6H3;1-28H. The Morgan fingerprint density at radius 2 is 0.380 bits per heavy atom. The van der Waals surface area contributed by atoms with Gasteiger partial charge in [-0.15, -0.1) is 0 Å². The van der Waals surface area contributed by atoms with Crippen LogP contribution in [0.2, 0.25) is 0 Å². The van der Waals surface area contributed by atoms with Gasteiger partial charge in [-0.3, -0.25) is 0 Å². The molecule has 0 atom stereocenters. The summed E-state index contributed by atoms with van der Waals surface area (Å²) in [5.41, 5.74) is 23.1. The van der Waals surface area contributed by atoms with Crippen LogP contribution in [0.25, 0.3) is 154 Å². The van der Waals surface area contributed by atoms with Crippen LogP contribution < -0.4 is 0 Å². The van der Waals surface area contributed by atoms with Crippen LogP contribution in [-0.4, -0.2) is 0 Å². The van der Waals surface area contributed by atoms with Crippen LogP contribution in [0.1, 0.15) is 52.7 Å². The van der Waals surface area contributed by atoms with Crippen LogP contribution in [0.4, 0.5) is 0 Å². The fourth-order valence-corrected chi connectivity index (χ4v) is 13.7.